The SMILES string of the molecule is COc1cccc(-c2nnc(SCc3nc4ccccc4c(=O)n3C)n2-c2ccc(Cl)cc2)c1. The van der Waals surface area contributed by atoms with Gasteiger partial charge in [-0.3, -0.25) is 13.9 Å². The van der Waals surface area contributed by atoms with E-state index in [0.717, 1.165) is 17.0 Å². The molecule has 0 aliphatic rings. The first-order valence-electron chi connectivity index (χ1n) is 10.5. The Labute approximate surface area is 205 Å². The first kappa shape index (κ1) is 22.2. The number of fused-ring (bicyclic) bond motifs is 1. The van der Waals surface area contributed by atoms with E-state index in [9.17, 15) is 4.79 Å². The van der Waals surface area contributed by atoms with Gasteiger partial charge in [-0.1, -0.05) is 47.6 Å². The largest absolute Gasteiger partial charge is 0.497 e. The molecule has 0 amide bonds. The van der Waals surface area contributed by atoms with E-state index in [1.807, 2.05) is 71.3 Å². The molecule has 5 rings (SSSR count). The second-order valence-corrected chi connectivity index (χ2v) is 8.93. The van der Waals surface area contributed by atoms with E-state index in [1.165, 1.54) is 11.8 Å². The number of benzene rings is 3. The highest BCUT2D eigenvalue weighted by molar-refractivity contribution is 7.98. The van der Waals surface area contributed by atoms with E-state index in [0.29, 0.717) is 38.5 Å². The number of hydrogen-bond acceptors (Lipinski definition) is 6. The van der Waals surface area contributed by atoms with Crippen molar-refractivity contribution in [3.63, 3.8) is 0 Å². The van der Waals surface area contributed by atoms with Crippen LogP contribution in [0.15, 0.2) is 82.7 Å². The number of methoxy groups -OCH3 is 1. The third kappa shape index (κ3) is 4.18. The summed E-state index contributed by atoms with van der Waals surface area (Å²) in [5, 5.41) is 10.9. The summed E-state index contributed by atoms with van der Waals surface area (Å²) >= 11 is 7.59. The van der Waals surface area contributed by atoms with Crippen molar-refractivity contribution in [2.24, 2.45) is 7.05 Å². The third-order valence-corrected chi connectivity index (χ3v) is 6.63. The van der Waals surface area contributed by atoms with Gasteiger partial charge in [-0.15, -0.1) is 10.2 Å². The molecule has 0 saturated heterocycles. The molecule has 0 fully saturated rings. The van der Waals surface area contributed by atoms with Crippen molar-refractivity contribution in [1.29, 1.82) is 0 Å². The number of rotatable bonds is 6. The Hall–Kier alpha value is -3.62. The van der Waals surface area contributed by atoms with Crippen molar-refractivity contribution in [3.8, 4) is 22.8 Å². The van der Waals surface area contributed by atoms with Gasteiger partial charge in [-0.25, -0.2) is 4.98 Å². The van der Waals surface area contributed by atoms with E-state index in [-0.39, 0.29) is 5.56 Å². The number of halogens is 1. The fourth-order valence-electron chi connectivity index (χ4n) is 3.66. The Morgan fingerprint density at radius 1 is 1.00 bits per heavy atom. The average molecular weight is 490 g/mol. The summed E-state index contributed by atoms with van der Waals surface area (Å²) in [5.74, 6) is 2.50. The van der Waals surface area contributed by atoms with Gasteiger partial charge >= 0.3 is 0 Å². The van der Waals surface area contributed by atoms with Gasteiger partial charge in [0.15, 0.2) is 11.0 Å². The van der Waals surface area contributed by atoms with Gasteiger partial charge in [-0.2, -0.15) is 0 Å². The summed E-state index contributed by atoms with van der Waals surface area (Å²) < 4.78 is 8.94. The predicted molar refractivity (Wildman–Crippen MR) is 135 cm³/mol. The number of hydrogen-bond donors (Lipinski definition) is 0. The second-order valence-electron chi connectivity index (χ2n) is 7.55. The number of nitrogens with zero attached hydrogens (tertiary/aromatic N) is 5. The molecule has 0 saturated carbocycles. The highest BCUT2D eigenvalue weighted by Gasteiger charge is 2.18. The normalized spacial score (nSPS) is 11.1. The van der Waals surface area contributed by atoms with Gasteiger partial charge in [0.05, 0.1) is 23.8 Å². The molecule has 0 atom stereocenters. The summed E-state index contributed by atoms with van der Waals surface area (Å²) in [4.78, 5) is 17.5. The molecule has 170 valence electrons. The summed E-state index contributed by atoms with van der Waals surface area (Å²) in [6.07, 6.45) is 0. The van der Waals surface area contributed by atoms with Gasteiger partial charge < -0.3 is 4.74 Å². The molecule has 0 spiro atoms. The summed E-state index contributed by atoms with van der Waals surface area (Å²) in [6, 6.07) is 22.5. The predicted octanol–water partition coefficient (Wildman–Crippen LogP) is 5.14. The first-order chi connectivity index (χ1) is 16.5. The second kappa shape index (κ2) is 9.32. The van der Waals surface area contributed by atoms with Crippen LogP contribution in [0, 0.1) is 0 Å². The fraction of sp³-hybridized carbons (Fsp3) is 0.120. The molecule has 7 nitrogen and oxygen atoms in total. The lowest BCUT2D eigenvalue weighted by atomic mass is 10.2. The summed E-state index contributed by atoms with van der Waals surface area (Å²) in [5.41, 5.74) is 2.34. The van der Waals surface area contributed by atoms with Crippen molar-refractivity contribution < 1.29 is 4.74 Å². The van der Waals surface area contributed by atoms with Crippen molar-refractivity contribution in [2.45, 2.75) is 10.9 Å². The molecule has 0 N–H and O–H groups in total. The van der Waals surface area contributed by atoms with Gasteiger partial charge in [0.2, 0.25) is 0 Å². The highest BCUT2D eigenvalue weighted by atomic mass is 35.5. The lowest BCUT2D eigenvalue weighted by Crippen LogP contribution is -2.22. The molecule has 9 heteroatoms. The monoisotopic (exact) mass is 489 g/mol. The Morgan fingerprint density at radius 3 is 2.59 bits per heavy atom. The molecule has 2 heterocycles. The molecular weight excluding hydrogens is 470 g/mol. The number of thioether (sulfide) groups is 1. The molecule has 0 radical (unpaired) electrons. The van der Waals surface area contributed by atoms with Crippen LogP contribution < -0.4 is 10.3 Å². The van der Waals surface area contributed by atoms with Crippen LogP contribution in [0.3, 0.4) is 0 Å². The van der Waals surface area contributed by atoms with Gasteiger partial charge in [0.1, 0.15) is 11.6 Å². The maximum Gasteiger partial charge on any atom is 0.261 e. The number of para-hydroxylation sites is 1. The maximum absolute atomic E-state index is 12.8. The average Bonchev–Trinajstić information content (AvgIpc) is 3.30. The van der Waals surface area contributed by atoms with E-state index in [4.69, 9.17) is 21.3 Å². The lowest BCUT2D eigenvalue weighted by Gasteiger charge is -2.12. The Kier molecular flexibility index (Phi) is 6.08. The van der Waals surface area contributed by atoms with Crippen LogP contribution in [-0.4, -0.2) is 31.4 Å². The maximum atomic E-state index is 12.8. The molecule has 0 aliphatic carbocycles. The van der Waals surface area contributed by atoms with Gasteiger partial charge in [0.25, 0.3) is 5.56 Å². The zero-order chi connectivity index (χ0) is 23.7. The third-order valence-electron chi connectivity index (χ3n) is 5.45. The molecule has 2 aromatic heterocycles. The van der Waals surface area contributed by atoms with Gasteiger partial charge in [0, 0.05) is 23.3 Å². The van der Waals surface area contributed by atoms with Crippen LogP contribution in [0.1, 0.15) is 5.82 Å². The summed E-state index contributed by atoms with van der Waals surface area (Å²) in [6.45, 7) is 0. The van der Waals surface area contributed by atoms with Crippen molar-refractivity contribution in [2.75, 3.05) is 7.11 Å². The molecule has 0 bridgehead atoms. The van der Waals surface area contributed by atoms with Crippen LogP contribution >= 0.6 is 23.4 Å². The van der Waals surface area contributed by atoms with E-state index in [2.05, 4.69) is 10.2 Å². The topological polar surface area (TPSA) is 74.8 Å². The Balaban J connectivity index is 1.56. The lowest BCUT2D eigenvalue weighted by molar-refractivity contribution is 0.415. The molecule has 0 unspecified atom stereocenters. The van der Waals surface area contributed by atoms with Gasteiger partial charge in [-0.05, 0) is 48.5 Å². The van der Waals surface area contributed by atoms with Crippen LogP contribution in [0.2, 0.25) is 5.02 Å². The highest BCUT2D eigenvalue weighted by Crippen LogP contribution is 2.31. The van der Waals surface area contributed by atoms with Crippen molar-refractivity contribution >= 4 is 34.3 Å². The van der Waals surface area contributed by atoms with Crippen molar-refractivity contribution in [1.82, 2.24) is 24.3 Å². The number of aromatic nitrogens is 5. The first-order valence-corrected chi connectivity index (χ1v) is 11.8. The van der Waals surface area contributed by atoms with Crippen LogP contribution in [0.5, 0.6) is 5.75 Å². The standard InChI is InChI=1S/C25H20ClN5O2S/c1-30-22(27-21-9-4-3-8-20(21)24(30)32)15-34-25-29-28-23(16-6-5-7-19(14-16)33-2)31(25)18-12-10-17(26)11-13-18/h3-14H,15H2,1-2H3. The minimum Gasteiger partial charge on any atom is -0.497 e. The molecular formula is C25H20ClN5O2S. The zero-order valence-corrected chi connectivity index (χ0v) is 20.0. The Morgan fingerprint density at radius 2 is 1.79 bits per heavy atom. The smallest absolute Gasteiger partial charge is 0.261 e. The minimum atomic E-state index is -0.0718. The Bertz CT molecular complexity index is 1550. The van der Waals surface area contributed by atoms with E-state index in [1.54, 1.807) is 24.8 Å². The molecule has 3 aromatic carbocycles. The zero-order valence-electron chi connectivity index (χ0n) is 18.5. The van der Waals surface area contributed by atoms with Crippen LogP contribution in [0.4, 0.5) is 0 Å². The van der Waals surface area contributed by atoms with E-state index >= 15 is 0 Å². The number of ether oxygens (including phenoxy) is 1. The van der Waals surface area contributed by atoms with E-state index < -0.39 is 0 Å². The molecule has 34 heavy (non-hydrogen) atoms. The quantitative estimate of drug-likeness (QED) is 0.308. The fourth-order valence-corrected chi connectivity index (χ4v) is 4.72. The molecule has 5 aromatic rings. The van der Waals surface area contributed by atoms with Crippen molar-refractivity contribution in [3.05, 3.63) is 94.0 Å². The summed E-state index contributed by atoms with van der Waals surface area (Å²) in [7, 11) is 3.37. The van der Waals surface area contributed by atoms with Crippen LogP contribution in [0.25, 0.3) is 28.0 Å². The van der Waals surface area contributed by atoms with Crippen LogP contribution in [-0.2, 0) is 12.8 Å². The molecule has 0 aliphatic heterocycles. The minimum absolute atomic E-state index is 0.0718.